The van der Waals surface area contributed by atoms with Gasteiger partial charge in [-0.3, -0.25) is 5.41 Å². The van der Waals surface area contributed by atoms with Gasteiger partial charge in [0.25, 0.3) is 0 Å². The summed E-state index contributed by atoms with van der Waals surface area (Å²) in [6, 6.07) is 6.08. The van der Waals surface area contributed by atoms with Gasteiger partial charge in [0.05, 0.1) is 11.5 Å². The van der Waals surface area contributed by atoms with E-state index in [-0.39, 0.29) is 0 Å². The third kappa shape index (κ3) is 2.22. The molecule has 1 aromatic carbocycles. The second-order valence-electron chi connectivity index (χ2n) is 4.24. The molecule has 4 nitrogen and oxygen atoms in total. The number of para-hydroxylation sites is 1. The fourth-order valence-electron chi connectivity index (χ4n) is 1.94. The largest absolute Gasteiger partial charge is 0.333 e. The minimum absolute atomic E-state index is 0.502. The summed E-state index contributed by atoms with van der Waals surface area (Å²) in [5.41, 5.74) is 4.17. The molecular formula is C14H16N4. The first-order valence-corrected chi connectivity index (χ1v) is 5.75. The number of rotatable bonds is 2. The van der Waals surface area contributed by atoms with E-state index < -0.39 is 0 Å². The molecule has 1 N–H and O–H groups in total. The number of nitrogens with zero attached hydrogens (tertiary/aromatic N) is 3. The van der Waals surface area contributed by atoms with Crippen LogP contribution in [-0.2, 0) is 0 Å². The van der Waals surface area contributed by atoms with Crippen LogP contribution in [0.15, 0.2) is 36.9 Å². The Morgan fingerprint density at radius 3 is 2.50 bits per heavy atom. The first-order chi connectivity index (χ1) is 8.61. The number of hydrogen-bond donors (Lipinski definition) is 1. The molecule has 0 aliphatic heterocycles. The lowest BCUT2D eigenvalue weighted by Gasteiger charge is -2.23. The molecule has 0 spiro atoms. The number of amidine groups is 1. The molecule has 18 heavy (non-hydrogen) atoms. The van der Waals surface area contributed by atoms with Crippen LogP contribution in [0.5, 0.6) is 0 Å². The molecule has 0 saturated heterocycles. The van der Waals surface area contributed by atoms with Gasteiger partial charge in [-0.1, -0.05) is 18.2 Å². The van der Waals surface area contributed by atoms with Gasteiger partial charge < -0.3 is 4.90 Å². The molecule has 0 atom stereocenters. The average Bonchev–Trinajstić information content (AvgIpc) is 2.38. The predicted molar refractivity (Wildman–Crippen MR) is 74.0 cm³/mol. The van der Waals surface area contributed by atoms with Crippen molar-refractivity contribution in [2.75, 3.05) is 11.9 Å². The maximum absolute atomic E-state index is 7.79. The smallest absolute Gasteiger partial charge is 0.115 e. The van der Waals surface area contributed by atoms with E-state index in [1.165, 1.54) is 6.33 Å². The average molecular weight is 240 g/mol. The molecule has 0 bridgehead atoms. The number of hydrogen-bond acceptors (Lipinski definition) is 3. The van der Waals surface area contributed by atoms with E-state index in [1.54, 1.807) is 19.3 Å². The van der Waals surface area contributed by atoms with Gasteiger partial charge in [-0.15, -0.1) is 0 Å². The van der Waals surface area contributed by atoms with Crippen LogP contribution in [0.2, 0.25) is 0 Å². The van der Waals surface area contributed by atoms with E-state index in [0.717, 1.165) is 22.4 Å². The SMILES string of the molecule is CC(=N)N(C)c1c(C)cccc1-c1cncnc1. The third-order valence-electron chi connectivity index (χ3n) is 2.95. The molecule has 0 aliphatic rings. The first-order valence-electron chi connectivity index (χ1n) is 5.75. The summed E-state index contributed by atoms with van der Waals surface area (Å²) in [5.74, 6) is 0.502. The molecule has 0 fully saturated rings. The van der Waals surface area contributed by atoms with Crippen molar-refractivity contribution in [3.05, 3.63) is 42.5 Å². The Labute approximate surface area is 107 Å². The maximum Gasteiger partial charge on any atom is 0.115 e. The molecule has 1 aromatic heterocycles. The number of aromatic nitrogens is 2. The lowest BCUT2D eigenvalue weighted by atomic mass is 10.0. The first kappa shape index (κ1) is 12.2. The Balaban J connectivity index is 2.62. The summed E-state index contributed by atoms with van der Waals surface area (Å²) in [6.45, 7) is 3.82. The van der Waals surface area contributed by atoms with Crippen LogP contribution in [-0.4, -0.2) is 22.9 Å². The van der Waals surface area contributed by atoms with Crippen LogP contribution in [0, 0.1) is 12.3 Å². The number of nitrogens with one attached hydrogen (secondary N) is 1. The van der Waals surface area contributed by atoms with E-state index in [1.807, 2.05) is 37.1 Å². The van der Waals surface area contributed by atoms with Gasteiger partial charge in [0, 0.05) is 30.6 Å². The van der Waals surface area contributed by atoms with Crippen LogP contribution < -0.4 is 4.90 Å². The molecular weight excluding hydrogens is 224 g/mol. The molecule has 92 valence electrons. The highest BCUT2D eigenvalue weighted by Crippen LogP contribution is 2.32. The van der Waals surface area contributed by atoms with Crippen molar-refractivity contribution in [1.29, 1.82) is 5.41 Å². The minimum Gasteiger partial charge on any atom is -0.333 e. The maximum atomic E-state index is 7.79. The molecule has 4 heteroatoms. The molecule has 0 aliphatic carbocycles. The van der Waals surface area contributed by atoms with Crippen molar-refractivity contribution in [1.82, 2.24) is 9.97 Å². The van der Waals surface area contributed by atoms with E-state index in [9.17, 15) is 0 Å². The summed E-state index contributed by atoms with van der Waals surface area (Å²) < 4.78 is 0. The summed E-state index contributed by atoms with van der Waals surface area (Å²) in [5, 5.41) is 7.79. The fraction of sp³-hybridized carbons (Fsp3) is 0.214. The molecule has 1 heterocycles. The van der Waals surface area contributed by atoms with Gasteiger partial charge in [0.15, 0.2) is 0 Å². The quantitative estimate of drug-likeness (QED) is 0.648. The topological polar surface area (TPSA) is 52.9 Å². The number of benzene rings is 1. The van der Waals surface area contributed by atoms with Gasteiger partial charge in [0.2, 0.25) is 0 Å². The normalized spacial score (nSPS) is 10.2. The zero-order valence-electron chi connectivity index (χ0n) is 10.8. The highest BCUT2D eigenvalue weighted by Gasteiger charge is 2.13. The van der Waals surface area contributed by atoms with Crippen molar-refractivity contribution < 1.29 is 0 Å². The highest BCUT2D eigenvalue weighted by molar-refractivity contribution is 5.98. The Hall–Kier alpha value is -2.23. The summed E-state index contributed by atoms with van der Waals surface area (Å²) in [4.78, 5) is 9.98. The predicted octanol–water partition coefficient (Wildman–Crippen LogP) is 2.89. The van der Waals surface area contributed by atoms with Crippen LogP contribution in [0.1, 0.15) is 12.5 Å². The zero-order valence-corrected chi connectivity index (χ0v) is 10.8. The molecule has 0 radical (unpaired) electrons. The Bertz CT molecular complexity index is 563. The molecule has 2 rings (SSSR count). The molecule has 2 aromatic rings. The van der Waals surface area contributed by atoms with Crippen molar-refractivity contribution >= 4 is 11.5 Å². The van der Waals surface area contributed by atoms with E-state index in [4.69, 9.17) is 5.41 Å². The summed E-state index contributed by atoms with van der Waals surface area (Å²) in [6.07, 6.45) is 5.10. The molecule has 0 amide bonds. The molecule has 0 unspecified atom stereocenters. The van der Waals surface area contributed by atoms with Gasteiger partial charge in [-0.25, -0.2) is 9.97 Å². The van der Waals surface area contributed by atoms with Gasteiger partial charge in [-0.05, 0) is 19.4 Å². The standard InChI is InChI=1S/C14H16N4/c1-10-5-4-6-13(12-7-16-9-17-8-12)14(10)18(3)11(2)15/h4-9,15H,1-3H3. The summed E-state index contributed by atoms with van der Waals surface area (Å²) in [7, 11) is 1.90. The van der Waals surface area contributed by atoms with Crippen LogP contribution >= 0.6 is 0 Å². The second-order valence-corrected chi connectivity index (χ2v) is 4.24. The van der Waals surface area contributed by atoms with Crippen molar-refractivity contribution in [2.24, 2.45) is 0 Å². The van der Waals surface area contributed by atoms with Crippen LogP contribution in [0.4, 0.5) is 5.69 Å². The highest BCUT2D eigenvalue weighted by atomic mass is 15.1. The Morgan fingerprint density at radius 1 is 1.22 bits per heavy atom. The van der Waals surface area contributed by atoms with Crippen molar-refractivity contribution in [2.45, 2.75) is 13.8 Å². The van der Waals surface area contributed by atoms with Gasteiger partial charge >= 0.3 is 0 Å². The Kier molecular flexibility index (Phi) is 3.37. The van der Waals surface area contributed by atoms with Crippen molar-refractivity contribution in [3.63, 3.8) is 0 Å². The third-order valence-corrected chi connectivity index (χ3v) is 2.95. The van der Waals surface area contributed by atoms with Crippen molar-refractivity contribution in [3.8, 4) is 11.1 Å². The van der Waals surface area contributed by atoms with E-state index >= 15 is 0 Å². The monoisotopic (exact) mass is 240 g/mol. The second kappa shape index (κ2) is 4.96. The number of aryl methyl sites for hydroxylation is 1. The zero-order chi connectivity index (χ0) is 13.1. The Morgan fingerprint density at radius 2 is 1.89 bits per heavy atom. The lowest BCUT2D eigenvalue weighted by molar-refractivity contribution is 1.16. The summed E-state index contributed by atoms with van der Waals surface area (Å²) >= 11 is 0. The number of anilines is 1. The van der Waals surface area contributed by atoms with Gasteiger partial charge in [0.1, 0.15) is 6.33 Å². The van der Waals surface area contributed by atoms with Crippen LogP contribution in [0.3, 0.4) is 0 Å². The minimum atomic E-state index is 0.502. The fourth-order valence-corrected chi connectivity index (χ4v) is 1.94. The van der Waals surface area contributed by atoms with Gasteiger partial charge in [-0.2, -0.15) is 0 Å². The molecule has 0 saturated carbocycles. The lowest BCUT2D eigenvalue weighted by Crippen LogP contribution is -2.23. The van der Waals surface area contributed by atoms with E-state index in [2.05, 4.69) is 9.97 Å². The van der Waals surface area contributed by atoms with Crippen LogP contribution in [0.25, 0.3) is 11.1 Å². The van der Waals surface area contributed by atoms with E-state index in [0.29, 0.717) is 5.84 Å².